The standard InChI is InChI=1S/C9H14N2O2/c1-4-11(5-2)9(13)8(6-10)7(3)12/h12H,4-5H2,1-3H3/b8-7-. The third-order valence-corrected chi connectivity index (χ3v) is 1.74. The Kier molecular flexibility index (Phi) is 4.60. The lowest BCUT2D eigenvalue weighted by Crippen LogP contribution is -2.31. The van der Waals surface area contributed by atoms with Gasteiger partial charge >= 0.3 is 0 Å². The van der Waals surface area contributed by atoms with Crippen LogP contribution in [0.15, 0.2) is 11.3 Å². The van der Waals surface area contributed by atoms with Gasteiger partial charge in [0, 0.05) is 13.1 Å². The fourth-order valence-electron chi connectivity index (χ4n) is 0.952. The summed E-state index contributed by atoms with van der Waals surface area (Å²) in [5.41, 5.74) is -0.177. The van der Waals surface area contributed by atoms with Crippen molar-refractivity contribution in [3.63, 3.8) is 0 Å². The number of hydrogen-bond donors (Lipinski definition) is 1. The van der Waals surface area contributed by atoms with E-state index in [2.05, 4.69) is 0 Å². The lowest BCUT2D eigenvalue weighted by atomic mass is 10.2. The summed E-state index contributed by atoms with van der Waals surface area (Å²) >= 11 is 0. The monoisotopic (exact) mass is 182 g/mol. The molecule has 0 aromatic rings. The Labute approximate surface area is 78.1 Å². The fourth-order valence-corrected chi connectivity index (χ4v) is 0.952. The molecule has 0 bridgehead atoms. The number of likely N-dealkylation sites (N-methyl/N-ethyl adjacent to an activating group) is 1. The van der Waals surface area contributed by atoms with Crippen LogP contribution in [0, 0.1) is 11.3 Å². The molecule has 0 aromatic carbocycles. The Hall–Kier alpha value is -1.50. The van der Waals surface area contributed by atoms with Gasteiger partial charge in [0.1, 0.15) is 11.8 Å². The largest absolute Gasteiger partial charge is 0.511 e. The molecule has 0 rings (SSSR count). The van der Waals surface area contributed by atoms with E-state index >= 15 is 0 Å². The number of nitriles is 1. The van der Waals surface area contributed by atoms with Crippen molar-refractivity contribution in [3.8, 4) is 6.07 Å². The maximum atomic E-state index is 11.5. The lowest BCUT2D eigenvalue weighted by molar-refractivity contribution is -0.126. The Bertz CT molecular complexity index is 255. The van der Waals surface area contributed by atoms with Gasteiger partial charge in [0.2, 0.25) is 0 Å². The molecule has 4 nitrogen and oxygen atoms in total. The molecule has 4 heteroatoms. The van der Waals surface area contributed by atoms with Gasteiger partial charge in [-0.05, 0) is 20.8 Å². The second kappa shape index (κ2) is 5.20. The zero-order valence-corrected chi connectivity index (χ0v) is 8.16. The van der Waals surface area contributed by atoms with E-state index in [-0.39, 0.29) is 11.3 Å². The molecule has 0 aliphatic heterocycles. The summed E-state index contributed by atoms with van der Waals surface area (Å²) < 4.78 is 0. The normalized spacial score (nSPS) is 11.5. The summed E-state index contributed by atoms with van der Waals surface area (Å²) in [7, 11) is 0. The highest BCUT2D eigenvalue weighted by Crippen LogP contribution is 2.04. The van der Waals surface area contributed by atoms with E-state index in [0.29, 0.717) is 13.1 Å². The van der Waals surface area contributed by atoms with Crippen molar-refractivity contribution in [1.29, 1.82) is 5.26 Å². The van der Waals surface area contributed by atoms with Gasteiger partial charge in [-0.3, -0.25) is 4.79 Å². The number of nitrogens with zero attached hydrogens (tertiary/aromatic N) is 2. The van der Waals surface area contributed by atoms with Gasteiger partial charge in [-0.25, -0.2) is 0 Å². The Balaban J connectivity index is 4.78. The topological polar surface area (TPSA) is 64.3 Å². The van der Waals surface area contributed by atoms with Crippen LogP contribution in [0.4, 0.5) is 0 Å². The van der Waals surface area contributed by atoms with E-state index in [0.717, 1.165) is 0 Å². The predicted molar refractivity (Wildman–Crippen MR) is 48.9 cm³/mol. The van der Waals surface area contributed by atoms with Crippen LogP contribution in [0.3, 0.4) is 0 Å². The maximum absolute atomic E-state index is 11.5. The quantitative estimate of drug-likeness (QED) is 0.405. The average Bonchev–Trinajstić information content (AvgIpc) is 2.07. The maximum Gasteiger partial charge on any atom is 0.267 e. The minimum atomic E-state index is -0.410. The van der Waals surface area contributed by atoms with Crippen molar-refractivity contribution in [2.75, 3.05) is 13.1 Å². The van der Waals surface area contributed by atoms with Crippen LogP contribution in [-0.2, 0) is 4.79 Å². The molecule has 0 saturated carbocycles. The van der Waals surface area contributed by atoms with Crippen LogP contribution < -0.4 is 0 Å². The molecule has 1 amide bonds. The van der Waals surface area contributed by atoms with Gasteiger partial charge in [-0.15, -0.1) is 0 Å². The first-order valence-corrected chi connectivity index (χ1v) is 4.17. The number of amides is 1. The zero-order valence-electron chi connectivity index (χ0n) is 8.16. The molecule has 1 N–H and O–H groups in total. The Morgan fingerprint density at radius 3 is 2.15 bits per heavy atom. The Morgan fingerprint density at radius 1 is 1.46 bits per heavy atom. The highest BCUT2D eigenvalue weighted by Gasteiger charge is 2.17. The zero-order chi connectivity index (χ0) is 10.4. The first kappa shape index (κ1) is 11.5. The second-order valence-electron chi connectivity index (χ2n) is 2.55. The number of carbonyl (C=O) groups is 1. The van der Waals surface area contributed by atoms with E-state index < -0.39 is 5.91 Å². The first-order valence-electron chi connectivity index (χ1n) is 4.17. The van der Waals surface area contributed by atoms with Crippen molar-refractivity contribution in [3.05, 3.63) is 11.3 Å². The van der Waals surface area contributed by atoms with E-state index in [9.17, 15) is 4.79 Å². The molecule has 0 heterocycles. The predicted octanol–water partition coefficient (Wildman–Crippen LogP) is 1.21. The highest BCUT2D eigenvalue weighted by molar-refractivity contribution is 5.97. The van der Waals surface area contributed by atoms with Gasteiger partial charge in [0.05, 0.1) is 0 Å². The molecular formula is C9H14N2O2. The van der Waals surface area contributed by atoms with E-state index in [1.165, 1.54) is 11.8 Å². The van der Waals surface area contributed by atoms with Gasteiger partial charge in [0.25, 0.3) is 5.91 Å². The third kappa shape index (κ3) is 2.79. The van der Waals surface area contributed by atoms with Crippen molar-refractivity contribution in [2.45, 2.75) is 20.8 Å². The van der Waals surface area contributed by atoms with Crippen LogP contribution in [0.5, 0.6) is 0 Å². The van der Waals surface area contributed by atoms with E-state index in [1.54, 1.807) is 6.07 Å². The highest BCUT2D eigenvalue weighted by atomic mass is 16.3. The molecule has 72 valence electrons. The summed E-state index contributed by atoms with van der Waals surface area (Å²) in [5.74, 6) is -0.632. The number of aliphatic hydroxyl groups excluding tert-OH is 1. The van der Waals surface area contributed by atoms with Crippen LogP contribution >= 0.6 is 0 Å². The summed E-state index contributed by atoms with van der Waals surface area (Å²) in [6, 6.07) is 1.69. The SMILES string of the molecule is CCN(CC)C(=O)/C(C#N)=C(/C)O. The first-order chi connectivity index (χ1) is 6.08. The van der Waals surface area contributed by atoms with Crippen molar-refractivity contribution in [2.24, 2.45) is 0 Å². The number of allylic oxidation sites excluding steroid dienone is 1. The van der Waals surface area contributed by atoms with Gasteiger partial charge in [-0.1, -0.05) is 0 Å². The van der Waals surface area contributed by atoms with Crippen LogP contribution in [0.2, 0.25) is 0 Å². The number of hydrogen-bond acceptors (Lipinski definition) is 3. The number of rotatable bonds is 3. The summed E-state index contributed by atoms with van der Waals surface area (Å²) in [4.78, 5) is 12.9. The molecule has 0 saturated heterocycles. The van der Waals surface area contributed by atoms with Gasteiger partial charge in [-0.2, -0.15) is 5.26 Å². The second-order valence-corrected chi connectivity index (χ2v) is 2.55. The van der Waals surface area contributed by atoms with Crippen LogP contribution in [0.1, 0.15) is 20.8 Å². The molecule has 0 atom stereocenters. The molecular weight excluding hydrogens is 168 g/mol. The molecule has 0 fully saturated rings. The van der Waals surface area contributed by atoms with Crippen LogP contribution in [0.25, 0.3) is 0 Å². The molecule has 0 unspecified atom stereocenters. The van der Waals surface area contributed by atoms with Crippen molar-refractivity contribution >= 4 is 5.91 Å². The minimum Gasteiger partial charge on any atom is -0.511 e. The molecule has 0 spiro atoms. The van der Waals surface area contributed by atoms with E-state index in [4.69, 9.17) is 10.4 Å². The summed E-state index contributed by atoms with van der Waals surface area (Å²) in [6.45, 7) is 6.05. The molecule has 0 aliphatic rings. The smallest absolute Gasteiger partial charge is 0.267 e. The summed E-state index contributed by atoms with van der Waals surface area (Å²) in [5, 5.41) is 17.6. The third-order valence-electron chi connectivity index (χ3n) is 1.74. The summed E-state index contributed by atoms with van der Waals surface area (Å²) in [6.07, 6.45) is 0. The van der Waals surface area contributed by atoms with Crippen molar-refractivity contribution in [1.82, 2.24) is 4.90 Å². The minimum absolute atomic E-state index is 0.177. The molecule has 0 aromatic heterocycles. The Morgan fingerprint density at radius 2 is 1.92 bits per heavy atom. The fraction of sp³-hybridized carbons (Fsp3) is 0.556. The molecule has 0 radical (unpaired) electrons. The number of aliphatic hydroxyl groups is 1. The average molecular weight is 182 g/mol. The van der Waals surface area contributed by atoms with Crippen LogP contribution in [-0.4, -0.2) is 29.0 Å². The number of carbonyl (C=O) groups excluding carboxylic acids is 1. The van der Waals surface area contributed by atoms with Gasteiger partial charge < -0.3 is 10.0 Å². The molecule has 13 heavy (non-hydrogen) atoms. The lowest BCUT2D eigenvalue weighted by Gasteiger charge is -2.17. The van der Waals surface area contributed by atoms with Gasteiger partial charge in [0.15, 0.2) is 5.57 Å². The molecule has 0 aliphatic carbocycles. The van der Waals surface area contributed by atoms with E-state index in [1.807, 2.05) is 13.8 Å². The van der Waals surface area contributed by atoms with Crippen molar-refractivity contribution < 1.29 is 9.90 Å².